The quantitative estimate of drug-likeness (QED) is 0.391. The second-order valence-corrected chi connectivity index (χ2v) is 9.28. The first-order valence-electron chi connectivity index (χ1n) is 11.5. The highest BCUT2D eigenvalue weighted by Crippen LogP contribution is 2.53. The second kappa shape index (κ2) is 8.89. The number of ether oxygens (including phenoxy) is 1. The van der Waals surface area contributed by atoms with Gasteiger partial charge >= 0.3 is 5.97 Å². The number of hydrogen-bond donors (Lipinski definition) is 1. The molecule has 0 spiro atoms. The van der Waals surface area contributed by atoms with Crippen LogP contribution < -0.4 is 5.32 Å². The number of anilines is 1. The van der Waals surface area contributed by atoms with Crippen LogP contribution in [0.25, 0.3) is 0 Å². The number of imide groups is 1. The molecule has 174 valence electrons. The van der Waals surface area contributed by atoms with Crippen molar-refractivity contribution in [2.45, 2.75) is 25.8 Å². The van der Waals surface area contributed by atoms with Gasteiger partial charge in [-0.15, -0.1) is 0 Å². The number of rotatable bonds is 7. The average molecular weight is 459 g/mol. The van der Waals surface area contributed by atoms with E-state index in [4.69, 9.17) is 4.74 Å². The van der Waals surface area contributed by atoms with Crippen molar-refractivity contribution in [3.05, 3.63) is 77.9 Å². The number of nitrogens with zero attached hydrogens (tertiary/aromatic N) is 1. The lowest BCUT2D eigenvalue weighted by Gasteiger charge is -2.26. The van der Waals surface area contributed by atoms with Gasteiger partial charge in [-0.1, -0.05) is 54.6 Å². The van der Waals surface area contributed by atoms with Gasteiger partial charge in [0.05, 0.1) is 11.8 Å². The summed E-state index contributed by atoms with van der Waals surface area (Å²) >= 11 is 0. The fraction of sp³-hybridized carbons (Fsp3) is 0.333. The normalized spacial score (nSPS) is 25.4. The molecule has 5 rings (SSSR count). The number of carbonyl (C=O) groups excluding carboxylic acids is 4. The molecule has 2 bridgehead atoms. The van der Waals surface area contributed by atoms with E-state index in [0.29, 0.717) is 5.69 Å². The molecule has 2 fully saturated rings. The monoisotopic (exact) mass is 458 g/mol. The number of esters is 1. The number of fused-ring (bicyclic) bond motifs is 5. The summed E-state index contributed by atoms with van der Waals surface area (Å²) in [5.74, 6) is -2.59. The molecule has 1 saturated heterocycles. The summed E-state index contributed by atoms with van der Waals surface area (Å²) in [6.45, 7) is 1.40. The fourth-order valence-electron chi connectivity index (χ4n) is 5.50. The van der Waals surface area contributed by atoms with Crippen LogP contribution in [0.5, 0.6) is 0 Å². The Morgan fingerprint density at radius 3 is 2.32 bits per heavy atom. The van der Waals surface area contributed by atoms with E-state index in [0.717, 1.165) is 22.4 Å². The van der Waals surface area contributed by atoms with Crippen molar-refractivity contribution in [3.63, 3.8) is 0 Å². The van der Waals surface area contributed by atoms with Crippen molar-refractivity contribution in [3.8, 4) is 0 Å². The van der Waals surface area contributed by atoms with Crippen LogP contribution in [-0.4, -0.2) is 41.2 Å². The average Bonchev–Trinajstić information content (AvgIpc) is 3.51. The van der Waals surface area contributed by atoms with E-state index in [2.05, 4.69) is 5.32 Å². The summed E-state index contributed by atoms with van der Waals surface area (Å²) in [4.78, 5) is 53.3. The zero-order valence-electron chi connectivity index (χ0n) is 18.8. The van der Waals surface area contributed by atoms with E-state index in [1.165, 1.54) is 0 Å². The van der Waals surface area contributed by atoms with E-state index in [1.807, 2.05) is 61.5 Å². The predicted octanol–water partition coefficient (Wildman–Crippen LogP) is 2.90. The molecule has 3 amide bonds. The summed E-state index contributed by atoms with van der Waals surface area (Å²) in [6, 6.07) is 15.4. The standard InChI is InChI=1S/C27H26N2O5/c1-16-6-5-9-20(12-16)28-22(30)15-34-27(33)21(13-17-7-3-2-4-8-17)29-25(31)23-18-10-11-19(14-18)24(23)26(29)32/h2-12,18-19,21,23-24H,13-15H2,1H3,(H,28,30)/t18-,19-,21-,23+,24+/m0/s1. The van der Waals surface area contributed by atoms with Crippen LogP contribution in [0, 0.1) is 30.6 Å². The van der Waals surface area contributed by atoms with E-state index in [-0.39, 0.29) is 30.1 Å². The van der Waals surface area contributed by atoms with E-state index < -0.39 is 36.4 Å². The molecular formula is C27H26N2O5. The Kier molecular flexibility index (Phi) is 5.77. The van der Waals surface area contributed by atoms with Crippen LogP contribution in [0.3, 0.4) is 0 Å². The number of nitrogens with one attached hydrogen (secondary N) is 1. The first-order valence-corrected chi connectivity index (χ1v) is 11.5. The lowest BCUT2D eigenvalue weighted by atomic mass is 9.85. The van der Waals surface area contributed by atoms with Gasteiger partial charge < -0.3 is 10.1 Å². The smallest absolute Gasteiger partial charge is 0.330 e. The zero-order chi connectivity index (χ0) is 23.8. The molecule has 34 heavy (non-hydrogen) atoms. The van der Waals surface area contributed by atoms with Gasteiger partial charge in [0.1, 0.15) is 6.04 Å². The van der Waals surface area contributed by atoms with Crippen LogP contribution in [-0.2, 0) is 30.3 Å². The topological polar surface area (TPSA) is 92.8 Å². The molecule has 2 aromatic rings. The highest BCUT2D eigenvalue weighted by molar-refractivity contribution is 6.09. The third-order valence-corrected chi connectivity index (χ3v) is 7.01. The van der Waals surface area contributed by atoms with Gasteiger partial charge in [-0.2, -0.15) is 0 Å². The minimum absolute atomic E-state index is 0.0463. The Labute approximate surface area is 197 Å². The van der Waals surface area contributed by atoms with Crippen molar-refractivity contribution >= 4 is 29.4 Å². The molecule has 7 nitrogen and oxygen atoms in total. The number of aryl methyl sites for hydroxylation is 1. The highest BCUT2D eigenvalue weighted by Gasteiger charge is 2.61. The number of benzene rings is 2. The first-order chi connectivity index (χ1) is 16.4. The molecule has 0 aromatic heterocycles. The minimum atomic E-state index is -1.11. The molecule has 2 aliphatic carbocycles. The molecule has 1 heterocycles. The third kappa shape index (κ3) is 4.02. The molecule has 3 aliphatic rings. The molecule has 1 N–H and O–H groups in total. The van der Waals surface area contributed by atoms with Crippen molar-refractivity contribution < 1.29 is 23.9 Å². The van der Waals surface area contributed by atoms with Crippen LogP contribution in [0.2, 0.25) is 0 Å². The Morgan fingerprint density at radius 2 is 1.68 bits per heavy atom. The number of likely N-dealkylation sites (tertiary alicyclic amines) is 1. The fourth-order valence-corrected chi connectivity index (χ4v) is 5.50. The van der Waals surface area contributed by atoms with Gasteiger partial charge in [-0.3, -0.25) is 19.3 Å². The maximum atomic E-state index is 13.3. The number of amides is 3. The Morgan fingerprint density at radius 1 is 1.00 bits per heavy atom. The number of carbonyl (C=O) groups is 4. The Hall–Kier alpha value is -3.74. The summed E-state index contributed by atoms with van der Waals surface area (Å²) in [6.07, 6.45) is 4.98. The number of hydrogen-bond acceptors (Lipinski definition) is 5. The lowest BCUT2D eigenvalue weighted by Crippen LogP contribution is -2.48. The van der Waals surface area contributed by atoms with Crippen molar-refractivity contribution in [1.29, 1.82) is 0 Å². The first kappa shape index (κ1) is 22.1. The Balaban J connectivity index is 1.32. The van der Waals surface area contributed by atoms with Gasteiger partial charge in [0.2, 0.25) is 11.8 Å². The van der Waals surface area contributed by atoms with Crippen LogP contribution in [0.4, 0.5) is 5.69 Å². The van der Waals surface area contributed by atoms with Crippen LogP contribution in [0.1, 0.15) is 17.5 Å². The van der Waals surface area contributed by atoms with E-state index in [1.54, 1.807) is 12.1 Å². The van der Waals surface area contributed by atoms with E-state index >= 15 is 0 Å². The van der Waals surface area contributed by atoms with Gasteiger partial charge in [0, 0.05) is 12.1 Å². The second-order valence-electron chi connectivity index (χ2n) is 9.28. The number of allylic oxidation sites excluding steroid dienone is 2. The van der Waals surface area contributed by atoms with Crippen molar-refractivity contribution in [1.82, 2.24) is 4.90 Å². The minimum Gasteiger partial charge on any atom is -0.454 e. The predicted molar refractivity (Wildman–Crippen MR) is 124 cm³/mol. The van der Waals surface area contributed by atoms with Crippen molar-refractivity contribution in [2.24, 2.45) is 23.7 Å². The molecule has 2 aromatic carbocycles. The van der Waals surface area contributed by atoms with Gasteiger partial charge in [-0.05, 0) is 48.4 Å². The summed E-state index contributed by atoms with van der Waals surface area (Å²) in [7, 11) is 0. The Bertz CT molecular complexity index is 1140. The summed E-state index contributed by atoms with van der Waals surface area (Å²) in [5, 5.41) is 2.69. The van der Waals surface area contributed by atoms with E-state index in [9.17, 15) is 19.2 Å². The molecule has 1 aliphatic heterocycles. The maximum Gasteiger partial charge on any atom is 0.330 e. The maximum absolute atomic E-state index is 13.3. The third-order valence-electron chi connectivity index (χ3n) is 7.01. The summed E-state index contributed by atoms with van der Waals surface area (Å²) < 4.78 is 5.33. The molecule has 5 atom stereocenters. The van der Waals surface area contributed by atoms with Gasteiger partial charge in [0.25, 0.3) is 5.91 Å². The molecule has 7 heteroatoms. The molecule has 0 radical (unpaired) electrons. The molecular weight excluding hydrogens is 432 g/mol. The zero-order valence-corrected chi connectivity index (χ0v) is 18.8. The highest BCUT2D eigenvalue weighted by atomic mass is 16.5. The van der Waals surface area contributed by atoms with Crippen molar-refractivity contribution in [2.75, 3.05) is 11.9 Å². The van der Waals surface area contributed by atoms with Crippen LogP contribution in [0.15, 0.2) is 66.7 Å². The molecule has 1 saturated carbocycles. The van der Waals surface area contributed by atoms with Gasteiger partial charge in [-0.25, -0.2) is 4.79 Å². The molecule has 0 unspecified atom stereocenters. The van der Waals surface area contributed by atoms with Gasteiger partial charge in [0.15, 0.2) is 6.61 Å². The largest absolute Gasteiger partial charge is 0.454 e. The summed E-state index contributed by atoms with van der Waals surface area (Å²) in [5.41, 5.74) is 2.38. The SMILES string of the molecule is Cc1cccc(NC(=O)COC(=O)[C@H](Cc2ccccc2)N2C(=O)[C@H]3[C@H](C2=O)[C@H]2C=C[C@H]3C2)c1. The lowest BCUT2D eigenvalue weighted by molar-refractivity contribution is -0.160. The van der Waals surface area contributed by atoms with Crippen LogP contribution >= 0.6 is 0 Å².